The van der Waals surface area contributed by atoms with Crippen molar-refractivity contribution in [2.75, 3.05) is 13.2 Å². The van der Waals surface area contributed by atoms with Crippen molar-refractivity contribution in [2.45, 2.75) is 44.2 Å². The molecule has 1 aromatic carbocycles. The van der Waals surface area contributed by atoms with E-state index in [2.05, 4.69) is 0 Å². The summed E-state index contributed by atoms with van der Waals surface area (Å²) in [6, 6.07) is 7.69. The maximum atomic E-state index is 12.6. The minimum Gasteiger partial charge on any atom is -0.375 e. The lowest BCUT2D eigenvalue weighted by molar-refractivity contribution is -0.0441. The van der Waals surface area contributed by atoms with Gasteiger partial charge in [-0.1, -0.05) is 24.3 Å². The number of benzene rings is 1. The van der Waals surface area contributed by atoms with E-state index in [4.69, 9.17) is 14.2 Å². The highest BCUT2D eigenvalue weighted by Gasteiger charge is 2.38. The molecule has 0 spiro atoms. The predicted octanol–water partition coefficient (Wildman–Crippen LogP) is 2.87. The molecular formula is C17H20O4. The van der Waals surface area contributed by atoms with Crippen LogP contribution in [0.25, 0.3) is 0 Å². The van der Waals surface area contributed by atoms with Gasteiger partial charge in [0.25, 0.3) is 0 Å². The number of rotatable bonds is 3. The van der Waals surface area contributed by atoms with Gasteiger partial charge in [-0.2, -0.15) is 0 Å². The third-order valence-corrected chi connectivity index (χ3v) is 4.75. The SMILES string of the molecule is O=C(c1ccc(C2OCCO2)cc1)C1CC2CCC(C1)O2. The summed E-state index contributed by atoms with van der Waals surface area (Å²) >= 11 is 0. The first-order chi connectivity index (χ1) is 10.3. The van der Waals surface area contributed by atoms with Gasteiger partial charge in [-0.15, -0.1) is 0 Å². The molecule has 2 bridgehead atoms. The number of Topliss-reactive ketones (excluding diaryl/α,β-unsaturated/α-hetero) is 1. The molecule has 2 unspecified atom stereocenters. The maximum absolute atomic E-state index is 12.6. The van der Waals surface area contributed by atoms with Crippen molar-refractivity contribution < 1.29 is 19.0 Å². The zero-order valence-corrected chi connectivity index (χ0v) is 12.0. The van der Waals surface area contributed by atoms with Gasteiger partial charge in [0, 0.05) is 17.0 Å². The van der Waals surface area contributed by atoms with E-state index >= 15 is 0 Å². The van der Waals surface area contributed by atoms with Crippen LogP contribution in [0.4, 0.5) is 0 Å². The van der Waals surface area contributed by atoms with Crippen molar-refractivity contribution in [3.8, 4) is 0 Å². The molecule has 3 saturated heterocycles. The molecule has 3 heterocycles. The summed E-state index contributed by atoms with van der Waals surface area (Å²) in [5.74, 6) is 0.385. The van der Waals surface area contributed by atoms with Crippen molar-refractivity contribution in [1.82, 2.24) is 0 Å². The highest BCUT2D eigenvalue weighted by Crippen LogP contribution is 2.37. The van der Waals surface area contributed by atoms with E-state index in [9.17, 15) is 4.79 Å². The number of ketones is 1. The number of carbonyl (C=O) groups excluding carboxylic acids is 1. The van der Waals surface area contributed by atoms with Crippen LogP contribution in [0.5, 0.6) is 0 Å². The minimum absolute atomic E-state index is 0.126. The Bertz CT molecular complexity index is 506. The van der Waals surface area contributed by atoms with E-state index in [0.29, 0.717) is 25.4 Å². The minimum atomic E-state index is -0.270. The number of carbonyl (C=O) groups is 1. The third kappa shape index (κ3) is 2.63. The van der Waals surface area contributed by atoms with Crippen LogP contribution in [0.1, 0.15) is 47.9 Å². The standard InChI is InChI=1S/C17H20O4/c18-16(13-9-14-5-6-15(10-13)21-14)11-1-3-12(4-2-11)17-19-7-8-20-17/h1-4,13-15,17H,5-10H2. The first kappa shape index (κ1) is 13.4. The van der Waals surface area contributed by atoms with Crippen LogP contribution < -0.4 is 0 Å². The Hall–Kier alpha value is -1.23. The molecule has 3 aliphatic rings. The lowest BCUT2D eigenvalue weighted by Gasteiger charge is -2.27. The summed E-state index contributed by atoms with van der Waals surface area (Å²) in [4.78, 5) is 12.6. The summed E-state index contributed by atoms with van der Waals surface area (Å²) in [6.07, 6.45) is 4.33. The first-order valence-corrected chi connectivity index (χ1v) is 7.82. The van der Waals surface area contributed by atoms with Crippen LogP contribution in [0.3, 0.4) is 0 Å². The molecule has 112 valence electrons. The first-order valence-electron chi connectivity index (χ1n) is 7.82. The Kier molecular flexibility index (Phi) is 3.53. The second-order valence-corrected chi connectivity index (χ2v) is 6.19. The fourth-order valence-corrected chi connectivity index (χ4v) is 3.66. The molecule has 0 aromatic heterocycles. The molecule has 0 radical (unpaired) electrons. The second-order valence-electron chi connectivity index (χ2n) is 6.19. The molecule has 0 aliphatic carbocycles. The van der Waals surface area contributed by atoms with Crippen molar-refractivity contribution in [1.29, 1.82) is 0 Å². The van der Waals surface area contributed by atoms with Crippen LogP contribution in [0.15, 0.2) is 24.3 Å². The van der Waals surface area contributed by atoms with Gasteiger partial charge in [0.05, 0.1) is 25.4 Å². The molecular weight excluding hydrogens is 268 g/mol. The molecule has 3 fully saturated rings. The lowest BCUT2D eigenvalue weighted by Crippen LogP contribution is -2.30. The van der Waals surface area contributed by atoms with E-state index in [1.54, 1.807) is 0 Å². The molecule has 21 heavy (non-hydrogen) atoms. The third-order valence-electron chi connectivity index (χ3n) is 4.75. The van der Waals surface area contributed by atoms with Crippen LogP contribution >= 0.6 is 0 Å². The van der Waals surface area contributed by atoms with E-state index in [0.717, 1.165) is 36.8 Å². The van der Waals surface area contributed by atoms with Crippen molar-refractivity contribution in [3.05, 3.63) is 35.4 Å². The molecule has 0 N–H and O–H groups in total. The van der Waals surface area contributed by atoms with Crippen LogP contribution in [0.2, 0.25) is 0 Å². The molecule has 4 nitrogen and oxygen atoms in total. The summed E-state index contributed by atoms with van der Waals surface area (Å²) in [7, 11) is 0. The monoisotopic (exact) mass is 288 g/mol. The molecule has 0 amide bonds. The fraction of sp³-hybridized carbons (Fsp3) is 0.588. The van der Waals surface area contributed by atoms with Crippen LogP contribution in [-0.4, -0.2) is 31.2 Å². The topological polar surface area (TPSA) is 44.8 Å². The highest BCUT2D eigenvalue weighted by atomic mass is 16.7. The van der Waals surface area contributed by atoms with E-state index < -0.39 is 0 Å². The average Bonchev–Trinajstić information content (AvgIpc) is 3.17. The van der Waals surface area contributed by atoms with Crippen LogP contribution in [-0.2, 0) is 14.2 Å². The zero-order valence-electron chi connectivity index (χ0n) is 12.0. The van der Waals surface area contributed by atoms with E-state index in [-0.39, 0.29) is 18.0 Å². The smallest absolute Gasteiger partial charge is 0.184 e. The van der Waals surface area contributed by atoms with E-state index in [1.807, 2.05) is 24.3 Å². The van der Waals surface area contributed by atoms with Gasteiger partial charge >= 0.3 is 0 Å². The van der Waals surface area contributed by atoms with Gasteiger partial charge < -0.3 is 14.2 Å². The molecule has 4 rings (SSSR count). The van der Waals surface area contributed by atoms with Crippen molar-refractivity contribution >= 4 is 5.78 Å². The zero-order chi connectivity index (χ0) is 14.2. The molecule has 4 heteroatoms. The second kappa shape index (κ2) is 5.52. The van der Waals surface area contributed by atoms with Gasteiger partial charge in [-0.25, -0.2) is 0 Å². The van der Waals surface area contributed by atoms with Gasteiger partial charge in [0.15, 0.2) is 12.1 Å². The van der Waals surface area contributed by atoms with Crippen molar-refractivity contribution in [3.63, 3.8) is 0 Å². The Morgan fingerprint density at radius 2 is 1.57 bits per heavy atom. The van der Waals surface area contributed by atoms with Gasteiger partial charge in [0.2, 0.25) is 0 Å². The fourth-order valence-electron chi connectivity index (χ4n) is 3.66. The summed E-state index contributed by atoms with van der Waals surface area (Å²) < 4.78 is 16.8. The van der Waals surface area contributed by atoms with Gasteiger partial charge in [0.1, 0.15) is 0 Å². The lowest BCUT2D eigenvalue weighted by atomic mass is 9.88. The number of hydrogen-bond acceptors (Lipinski definition) is 4. The Morgan fingerprint density at radius 3 is 2.19 bits per heavy atom. The Morgan fingerprint density at radius 1 is 0.952 bits per heavy atom. The summed E-state index contributed by atoms with van der Waals surface area (Å²) in [6.45, 7) is 1.27. The quantitative estimate of drug-likeness (QED) is 0.802. The maximum Gasteiger partial charge on any atom is 0.184 e. The van der Waals surface area contributed by atoms with Gasteiger partial charge in [-0.3, -0.25) is 4.79 Å². The van der Waals surface area contributed by atoms with Crippen molar-refractivity contribution in [2.24, 2.45) is 5.92 Å². The number of ether oxygens (including phenoxy) is 3. The highest BCUT2D eigenvalue weighted by molar-refractivity contribution is 5.98. The normalized spacial score (nSPS) is 32.5. The number of fused-ring (bicyclic) bond motifs is 2. The van der Waals surface area contributed by atoms with Crippen LogP contribution in [0, 0.1) is 5.92 Å². The molecule has 2 atom stereocenters. The summed E-state index contributed by atoms with van der Waals surface area (Å²) in [5.41, 5.74) is 1.78. The predicted molar refractivity (Wildman–Crippen MR) is 76.0 cm³/mol. The van der Waals surface area contributed by atoms with E-state index in [1.165, 1.54) is 0 Å². The number of hydrogen-bond donors (Lipinski definition) is 0. The Balaban J connectivity index is 1.46. The molecule has 3 aliphatic heterocycles. The average molecular weight is 288 g/mol. The molecule has 1 aromatic rings. The largest absolute Gasteiger partial charge is 0.375 e. The Labute approximate surface area is 124 Å². The summed E-state index contributed by atoms with van der Waals surface area (Å²) in [5, 5.41) is 0. The molecule has 0 saturated carbocycles. The van der Waals surface area contributed by atoms with Gasteiger partial charge in [-0.05, 0) is 25.7 Å².